The molecule has 290 valence electrons. The number of hydrogen-bond donors (Lipinski definition) is 0. The third-order valence-corrected chi connectivity index (χ3v) is 13.2. The highest BCUT2D eigenvalue weighted by atomic mass is 15.2. The maximum Gasteiger partial charge on any atom is 0.102 e. The van der Waals surface area contributed by atoms with Crippen molar-refractivity contribution in [1.82, 2.24) is 4.57 Å². The van der Waals surface area contributed by atoms with Gasteiger partial charge in [0.25, 0.3) is 0 Å². The van der Waals surface area contributed by atoms with Gasteiger partial charge in [0.15, 0.2) is 0 Å². The molecule has 11 rings (SSSR count). The molecule has 2 aliphatic rings. The summed E-state index contributed by atoms with van der Waals surface area (Å²) in [5, 5.41) is 26.0. The van der Waals surface area contributed by atoms with Gasteiger partial charge in [-0.3, -0.25) is 0 Å². The van der Waals surface area contributed by atoms with Crippen molar-refractivity contribution >= 4 is 55.9 Å². The molecule has 0 saturated heterocycles. The summed E-state index contributed by atoms with van der Waals surface area (Å²) in [6, 6.07) is 66.9. The van der Waals surface area contributed by atoms with Gasteiger partial charge in [-0.25, -0.2) is 0 Å². The number of fused-ring (bicyclic) bond motifs is 7. The third-order valence-electron chi connectivity index (χ3n) is 13.2. The summed E-state index contributed by atoms with van der Waals surface area (Å²) < 4.78 is 2.32. The van der Waals surface area contributed by atoms with Crippen LogP contribution in [-0.4, -0.2) is 4.57 Å². The summed E-state index contributed by atoms with van der Waals surface area (Å²) in [6.45, 7) is 9.13. The first kappa shape index (κ1) is 36.2. The standard InChI is InChI=1S/C56H41N5/c1-55(2)41-24-10-16-30-47(41)60(48-31-17-11-25-42(48)55)52-39(34-57)51(36-20-6-5-7-21-36)40(35-58)53(54(52)59-45-28-14-8-22-37(45)38-23-9-15-29-46(38)59)61-49-32-18-12-26-43(49)56(3,4)44-27-13-19-33-50(44)61/h5-33H,1-4H3. The molecule has 9 aromatic rings. The summed E-state index contributed by atoms with van der Waals surface area (Å²) in [7, 11) is 0. The lowest BCUT2D eigenvalue weighted by molar-refractivity contribution is 0.631. The molecule has 2 aliphatic heterocycles. The zero-order valence-electron chi connectivity index (χ0n) is 34.5. The van der Waals surface area contributed by atoms with Crippen LogP contribution in [0.4, 0.5) is 34.1 Å². The predicted molar refractivity (Wildman–Crippen MR) is 249 cm³/mol. The van der Waals surface area contributed by atoms with Crippen molar-refractivity contribution in [3.63, 3.8) is 0 Å². The lowest BCUT2D eigenvalue weighted by Crippen LogP contribution is -2.33. The molecule has 8 aromatic carbocycles. The number of nitrogens with zero attached hydrogens (tertiary/aromatic N) is 5. The highest BCUT2D eigenvalue weighted by Gasteiger charge is 2.44. The first-order chi connectivity index (χ1) is 29.8. The smallest absolute Gasteiger partial charge is 0.102 e. The molecule has 0 bridgehead atoms. The molecule has 1 aromatic heterocycles. The Labute approximate surface area is 356 Å². The number of anilines is 6. The van der Waals surface area contributed by atoms with E-state index in [4.69, 9.17) is 0 Å². The highest BCUT2D eigenvalue weighted by molar-refractivity contribution is 6.13. The van der Waals surface area contributed by atoms with E-state index in [1.807, 2.05) is 30.3 Å². The van der Waals surface area contributed by atoms with Crippen LogP contribution >= 0.6 is 0 Å². The molecular formula is C56H41N5. The number of rotatable bonds is 4. The van der Waals surface area contributed by atoms with E-state index in [1.54, 1.807) is 0 Å². The van der Waals surface area contributed by atoms with Gasteiger partial charge in [0, 0.05) is 27.2 Å². The molecular weight excluding hydrogens is 743 g/mol. The quantitative estimate of drug-likeness (QED) is 0.178. The largest absolute Gasteiger partial charge is 0.307 e. The van der Waals surface area contributed by atoms with E-state index in [0.29, 0.717) is 28.1 Å². The molecule has 0 spiro atoms. The van der Waals surface area contributed by atoms with Crippen LogP contribution in [0.25, 0.3) is 38.6 Å². The molecule has 0 saturated carbocycles. The first-order valence-electron chi connectivity index (χ1n) is 20.8. The zero-order valence-corrected chi connectivity index (χ0v) is 34.5. The fourth-order valence-corrected chi connectivity index (χ4v) is 10.5. The molecule has 0 fully saturated rings. The van der Waals surface area contributed by atoms with E-state index in [0.717, 1.165) is 78.1 Å². The van der Waals surface area contributed by atoms with Crippen LogP contribution in [0.2, 0.25) is 0 Å². The summed E-state index contributed by atoms with van der Waals surface area (Å²) in [6.07, 6.45) is 0. The second kappa shape index (κ2) is 13.3. The lowest BCUT2D eigenvalue weighted by atomic mass is 9.73. The predicted octanol–water partition coefficient (Wildman–Crippen LogP) is 14.4. The zero-order chi connectivity index (χ0) is 41.6. The van der Waals surface area contributed by atoms with Crippen LogP contribution in [0.15, 0.2) is 176 Å². The average Bonchev–Trinajstić information content (AvgIpc) is 3.63. The van der Waals surface area contributed by atoms with E-state index in [-0.39, 0.29) is 10.8 Å². The molecule has 5 heteroatoms. The van der Waals surface area contributed by atoms with Gasteiger partial charge in [0.05, 0.1) is 62.0 Å². The fourth-order valence-electron chi connectivity index (χ4n) is 10.5. The van der Waals surface area contributed by atoms with Crippen molar-refractivity contribution in [2.75, 3.05) is 9.80 Å². The molecule has 0 N–H and O–H groups in total. The molecule has 0 radical (unpaired) electrons. The molecule has 0 atom stereocenters. The summed E-state index contributed by atoms with van der Waals surface area (Å²) in [5.74, 6) is 0. The number of nitriles is 2. The van der Waals surface area contributed by atoms with Crippen LogP contribution < -0.4 is 9.80 Å². The van der Waals surface area contributed by atoms with Gasteiger partial charge in [0.1, 0.15) is 12.1 Å². The summed E-state index contributed by atoms with van der Waals surface area (Å²) >= 11 is 0. The second-order valence-electron chi connectivity index (χ2n) is 17.1. The Kier molecular flexibility index (Phi) is 7.92. The van der Waals surface area contributed by atoms with Crippen molar-refractivity contribution in [2.45, 2.75) is 38.5 Å². The second-order valence-corrected chi connectivity index (χ2v) is 17.1. The average molecular weight is 784 g/mol. The van der Waals surface area contributed by atoms with Gasteiger partial charge in [0.2, 0.25) is 0 Å². The minimum absolute atomic E-state index is 0.350. The van der Waals surface area contributed by atoms with E-state index in [9.17, 15) is 10.5 Å². The minimum Gasteiger partial charge on any atom is -0.307 e. The van der Waals surface area contributed by atoms with E-state index < -0.39 is 0 Å². The molecule has 0 aliphatic carbocycles. The maximum atomic E-state index is 11.9. The van der Waals surface area contributed by atoms with Crippen molar-refractivity contribution in [1.29, 1.82) is 10.5 Å². The number of hydrogen-bond acceptors (Lipinski definition) is 4. The minimum atomic E-state index is -0.350. The summed E-state index contributed by atoms with van der Waals surface area (Å²) in [4.78, 5) is 4.63. The number of aromatic nitrogens is 1. The maximum absolute atomic E-state index is 11.9. The van der Waals surface area contributed by atoms with Crippen LogP contribution in [0.5, 0.6) is 0 Å². The monoisotopic (exact) mass is 783 g/mol. The van der Waals surface area contributed by atoms with Crippen LogP contribution in [0.3, 0.4) is 0 Å². The lowest BCUT2D eigenvalue weighted by Gasteiger charge is -2.45. The van der Waals surface area contributed by atoms with Gasteiger partial charge in [-0.2, -0.15) is 10.5 Å². The fraction of sp³-hybridized carbons (Fsp3) is 0.107. The highest BCUT2D eigenvalue weighted by Crippen LogP contribution is 2.61. The summed E-state index contributed by atoms with van der Waals surface area (Å²) in [5.41, 5.74) is 14.2. The SMILES string of the molecule is CC1(C)c2ccccc2N(c2c(C#N)c(-c3ccccc3)c(C#N)c(N3c4ccccc4C(C)(C)c4ccccc43)c2-n2c3ccccc3c3ccccc32)c2ccccc21. The number of para-hydroxylation sites is 6. The van der Waals surface area contributed by atoms with Crippen molar-refractivity contribution < 1.29 is 0 Å². The van der Waals surface area contributed by atoms with Crippen LogP contribution in [0.1, 0.15) is 61.1 Å². The van der Waals surface area contributed by atoms with E-state index in [2.05, 4.69) is 200 Å². The normalized spacial score (nSPS) is 14.4. The van der Waals surface area contributed by atoms with Crippen LogP contribution in [0, 0.1) is 22.7 Å². The van der Waals surface area contributed by atoms with Crippen molar-refractivity contribution in [3.05, 3.63) is 209 Å². The van der Waals surface area contributed by atoms with Gasteiger partial charge >= 0.3 is 0 Å². The van der Waals surface area contributed by atoms with E-state index >= 15 is 0 Å². The van der Waals surface area contributed by atoms with Gasteiger partial charge in [-0.05, 0) is 64.2 Å². The Morgan fingerprint density at radius 2 is 0.705 bits per heavy atom. The Morgan fingerprint density at radius 1 is 0.377 bits per heavy atom. The Balaban J connectivity index is 1.45. The molecule has 0 amide bonds. The molecule has 3 heterocycles. The third kappa shape index (κ3) is 4.99. The Morgan fingerprint density at radius 3 is 1.08 bits per heavy atom. The topological polar surface area (TPSA) is 59.0 Å². The molecule has 61 heavy (non-hydrogen) atoms. The molecule has 5 nitrogen and oxygen atoms in total. The Hall–Kier alpha value is -7.86. The van der Waals surface area contributed by atoms with Gasteiger partial charge in [-0.15, -0.1) is 0 Å². The number of benzene rings is 8. The van der Waals surface area contributed by atoms with Gasteiger partial charge in [-0.1, -0.05) is 167 Å². The van der Waals surface area contributed by atoms with Crippen molar-refractivity contribution in [2.24, 2.45) is 0 Å². The van der Waals surface area contributed by atoms with Crippen LogP contribution in [-0.2, 0) is 10.8 Å². The van der Waals surface area contributed by atoms with Crippen molar-refractivity contribution in [3.8, 4) is 29.0 Å². The van der Waals surface area contributed by atoms with E-state index in [1.165, 1.54) is 0 Å². The first-order valence-corrected chi connectivity index (χ1v) is 20.8. The molecule has 0 unspecified atom stereocenters. The van der Waals surface area contributed by atoms with Gasteiger partial charge < -0.3 is 14.4 Å². The Bertz CT molecular complexity index is 3060.